The molecule has 0 bridgehead atoms. The van der Waals surface area contributed by atoms with Crippen LogP contribution in [0.5, 0.6) is 0 Å². The molecule has 0 radical (unpaired) electrons. The minimum absolute atomic E-state index is 0.148. The molecule has 0 atom stereocenters. The number of carbonyl (C=O) groups is 1. The van der Waals surface area contributed by atoms with E-state index in [2.05, 4.69) is 6.58 Å². The van der Waals surface area contributed by atoms with Gasteiger partial charge in [-0.05, 0) is 25.3 Å². The fourth-order valence-corrected chi connectivity index (χ4v) is 4.34. The molecule has 7 heteroatoms. The summed E-state index contributed by atoms with van der Waals surface area (Å²) in [5, 5.41) is 10.4. The lowest BCUT2D eigenvalue weighted by Gasteiger charge is -2.24. The lowest BCUT2D eigenvalue weighted by Crippen LogP contribution is -2.37. The highest BCUT2D eigenvalue weighted by atomic mass is 32.2. The van der Waals surface area contributed by atoms with Gasteiger partial charge in [0.2, 0.25) is 10.0 Å². The zero-order valence-electron chi connectivity index (χ0n) is 10.2. The predicted octanol–water partition coefficient (Wildman–Crippen LogP) is 2.03. The van der Waals surface area contributed by atoms with Crippen LogP contribution in [0.4, 0.5) is 0 Å². The Hall–Kier alpha value is -1.18. The first-order valence-electron chi connectivity index (χ1n) is 5.26. The summed E-state index contributed by atoms with van der Waals surface area (Å²) in [4.78, 5) is 10.7. The van der Waals surface area contributed by atoms with Crippen molar-refractivity contribution >= 4 is 27.3 Å². The van der Waals surface area contributed by atoms with Gasteiger partial charge in [0.1, 0.15) is 9.77 Å². The number of nitrogens with zero attached hydrogens (tertiary/aromatic N) is 1. The quantitative estimate of drug-likeness (QED) is 0.813. The third-order valence-corrected chi connectivity index (χ3v) is 5.41. The Balaban J connectivity index is 3.31. The molecular weight excluding hydrogens is 274 g/mol. The molecule has 5 nitrogen and oxygen atoms in total. The van der Waals surface area contributed by atoms with Crippen LogP contribution in [0.15, 0.2) is 29.0 Å². The molecule has 0 aromatic carbocycles. The number of hydrogen-bond acceptors (Lipinski definition) is 4. The average Bonchev–Trinajstić information content (AvgIpc) is 2.74. The van der Waals surface area contributed by atoms with E-state index in [1.54, 1.807) is 13.8 Å². The zero-order valence-corrected chi connectivity index (χ0v) is 11.8. The van der Waals surface area contributed by atoms with Gasteiger partial charge >= 0.3 is 5.97 Å². The molecule has 0 aliphatic heterocycles. The van der Waals surface area contributed by atoms with Crippen LogP contribution in [-0.2, 0) is 10.0 Å². The van der Waals surface area contributed by atoms with E-state index < -0.39 is 16.0 Å². The normalized spacial score (nSPS) is 12.0. The van der Waals surface area contributed by atoms with Crippen LogP contribution in [0.2, 0.25) is 0 Å². The molecule has 0 aliphatic carbocycles. The molecule has 0 aliphatic rings. The van der Waals surface area contributed by atoms with E-state index >= 15 is 0 Å². The van der Waals surface area contributed by atoms with E-state index in [-0.39, 0.29) is 22.4 Å². The lowest BCUT2D eigenvalue weighted by molar-refractivity contribution is 0.0698. The van der Waals surface area contributed by atoms with Crippen molar-refractivity contribution in [2.45, 2.75) is 24.8 Å². The van der Waals surface area contributed by atoms with Crippen LogP contribution >= 0.6 is 11.3 Å². The molecule has 100 valence electrons. The molecule has 0 saturated heterocycles. The lowest BCUT2D eigenvalue weighted by atomic mass is 10.4. The molecule has 18 heavy (non-hydrogen) atoms. The number of rotatable bonds is 6. The topological polar surface area (TPSA) is 74.7 Å². The molecule has 1 rings (SSSR count). The summed E-state index contributed by atoms with van der Waals surface area (Å²) >= 11 is 0.901. The summed E-state index contributed by atoms with van der Waals surface area (Å²) in [5.41, 5.74) is 0. The van der Waals surface area contributed by atoms with Crippen molar-refractivity contribution in [2.75, 3.05) is 6.54 Å². The Morgan fingerprint density at radius 1 is 1.61 bits per heavy atom. The zero-order chi connectivity index (χ0) is 13.9. The third-order valence-electron chi connectivity index (χ3n) is 2.29. The summed E-state index contributed by atoms with van der Waals surface area (Å²) in [7, 11) is -3.80. The predicted molar refractivity (Wildman–Crippen MR) is 70.5 cm³/mol. The second kappa shape index (κ2) is 5.64. The first kappa shape index (κ1) is 14.9. The van der Waals surface area contributed by atoms with Gasteiger partial charge in [-0.3, -0.25) is 0 Å². The average molecular weight is 289 g/mol. The Labute approximate surface area is 110 Å². The number of carboxylic acid groups (broad SMARTS) is 1. The van der Waals surface area contributed by atoms with Gasteiger partial charge in [0, 0.05) is 12.6 Å². The highest BCUT2D eigenvalue weighted by molar-refractivity contribution is 7.89. The van der Waals surface area contributed by atoms with E-state index in [1.807, 2.05) is 0 Å². The highest BCUT2D eigenvalue weighted by Gasteiger charge is 2.30. The van der Waals surface area contributed by atoms with Crippen LogP contribution in [-0.4, -0.2) is 36.4 Å². The minimum Gasteiger partial charge on any atom is -0.477 e. The smallest absolute Gasteiger partial charge is 0.347 e. The molecule has 0 fully saturated rings. The maximum atomic E-state index is 12.4. The number of carboxylic acids is 1. The third kappa shape index (κ3) is 2.80. The van der Waals surface area contributed by atoms with Crippen LogP contribution in [0.1, 0.15) is 23.5 Å². The summed E-state index contributed by atoms with van der Waals surface area (Å²) in [6.07, 6.45) is 1.48. The van der Waals surface area contributed by atoms with Crippen molar-refractivity contribution in [1.29, 1.82) is 0 Å². The SMILES string of the molecule is C=CCN(C(C)C)S(=O)(=O)c1ccsc1C(=O)O. The summed E-state index contributed by atoms with van der Waals surface area (Å²) in [6.45, 7) is 7.12. The number of sulfonamides is 1. The second-order valence-electron chi connectivity index (χ2n) is 3.88. The van der Waals surface area contributed by atoms with Crippen molar-refractivity contribution in [2.24, 2.45) is 0 Å². The van der Waals surface area contributed by atoms with Crippen molar-refractivity contribution in [3.05, 3.63) is 29.0 Å². The first-order valence-corrected chi connectivity index (χ1v) is 7.57. The standard InChI is InChI=1S/C11H15NO4S2/c1-4-6-12(8(2)3)18(15,16)9-5-7-17-10(9)11(13)14/h4-5,7-8H,1,6H2,2-3H3,(H,13,14). The van der Waals surface area contributed by atoms with Crippen molar-refractivity contribution < 1.29 is 18.3 Å². The largest absolute Gasteiger partial charge is 0.477 e. The van der Waals surface area contributed by atoms with Crippen molar-refractivity contribution in [1.82, 2.24) is 4.31 Å². The van der Waals surface area contributed by atoms with Crippen LogP contribution in [0.3, 0.4) is 0 Å². The highest BCUT2D eigenvalue weighted by Crippen LogP contribution is 2.26. The van der Waals surface area contributed by atoms with Gasteiger partial charge < -0.3 is 5.11 Å². The van der Waals surface area contributed by atoms with Crippen LogP contribution < -0.4 is 0 Å². The minimum atomic E-state index is -3.80. The molecule has 0 amide bonds. The molecule has 1 N–H and O–H groups in total. The maximum absolute atomic E-state index is 12.4. The maximum Gasteiger partial charge on any atom is 0.347 e. The van der Waals surface area contributed by atoms with Gasteiger partial charge in [0.05, 0.1) is 0 Å². The fourth-order valence-electron chi connectivity index (χ4n) is 1.50. The summed E-state index contributed by atoms with van der Waals surface area (Å²) in [6, 6.07) is 1.05. The molecule has 1 aromatic heterocycles. The van der Waals surface area contributed by atoms with Crippen LogP contribution in [0.25, 0.3) is 0 Å². The van der Waals surface area contributed by atoms with Gasteiger partial charge in [0.25, 0.3) is 0 Å². The monoisotopic (exact) mass is 289 g/mol. The van der Waals surface area contributed by atoms with Gasteiger partial charge in [-0.1, -0.05) is 6.08 Å². The summed E-state index contributed by atoms with van der Waals surface area (Å²) < 4.78 is 26.0. The second-order valence-corrected chi connectivity index (χ2v) is 6.65. The van der Waals surface area contributed by atoms with Gasteiger partial charge in [-0.15, -0.1) is 17.9 Å². The van der Waals surface area contributed by atoms with Crippen molar-refractivity contribution in [3.8, 4) is 0 Å². The Morgan fingerprint density at radius 2 is 2.22 bits per heavy atom. The Bertz CT molecular complexity index is 545. The van der Waals surface area contributed by atoms with Crippen LogP contribution in [0, 0.1) is 0 Å². The Morgan fingerprint density at radius 3 is 2.67 bits per heavy atom. The van der Waals surface area contributed by atoms with E-state index in [9.17, 15) is 13.2 Å². The molecule has 0 unspecified atom stereocenters. The number of aromatic carboxylic acids is 1. The molecule has 0 saturated carbocycles. The molecule has 1 aromatic rings. The van der Waals surface area contributed by atoms with Crippen molar-refractivity contribution in [3.63, 3.8) is 0 Å². The van der Waals surface area contributed by atoms with Gasteiger partial charge in [-0.25, -0.2) is 13.2 Å². The van der Waals surface area contributed by atoms with E-state index in [0.717, 1.165) is 11.3 Å². The summed E-state index contributed by atoms with van der Waals surface area (Å²) in [5.74, 6) is -1.23. The van der Waals surface area contributed by atoms with Gasteiger partial charge in [-0.2, -0.15) is 4.31 Å². The number of thiophene rings is 1. The molecule has 1 heterocycles. The van der Waals surface area contributed by atoms with E-state index in [1.165, 1.54) is 21.8 Å². The molecule has 0 spiro atoms. The van der Waals surface area contributed by atoms with E-state index in [4.69, 9.17) is 5.11 Å². The first-order chi connectivity index (χ1) is 8.32. The van der Waals surface area contributed by atoms with E-state index in [0.29, 0.717) is 0 Å². The van der Waals surface area contributed by atoms with Gasteiger partial charge in [0.15, 0.2) is 0 Å². The Kier molecular flexibility index (Phi) is 4.66. The number of hydrogen-bond donors (Lipinski definition) is 1. The molecular formula is C11H15NO4S2. The fraction of sp³-hybridized carbons (Fsp3) is 0.364.